The number of nitrogens with zero attached hydrogens (tertiary/aromatic N) is 1. The average molecular weight is 474 g/mol. The third-order valence-corrected chi connectivity index (χ3v) is 10.3. The first-order chi connectivity index (χ1) is 14.3. The van der Waals surface area contributed by atoms with Gasteiger partial charge in [-0.1, -0.05) is 31.4 Å². The van der Waals surface area contributed by atoms with Crippen LogP contribution in [0.25, 0.3) is 0 Å². The van der Waals surface area contributed by atoms with Crippen molar-refractivity contribution in [3.63, 3.8) is 0 Å². The second-order valence-corrected chi connectivity index (χ2v) is 14.5. The molecule has 0 amide bonds. The molecule has 178 valence electrons. The lowest BCUT2D eigenvalue weighted by Crippen LogP contribution is -2.48. The van der Waals surface area contributed by atoms with E-state index in [9.17, 15) is 16.8 Å². The van der Waals surface area contributed by atoms with Crippen LogP contribution in [0.4, 0.5) is 0 Å². The van der Waals surface area contributed by atoms with E-state index in [1.165, 1.54) is 4.31 Å². The van der Waals surface area contributed by atoms with Crippen molar-refractivity contribution < 1.29 is 21.6 Å². The standard InChI is InChI=1S/C23H39NO5S2/c1-19-17-24(18-20(2)29-19)31(27,28)22-14-12-21(13-15-22)11-9-7-6-8-10-16-30(25,26)23(3,4)5/h12-15,19-20H,6-11,16-18H2,1-5H3/t19-,20+. The molecule has 0 aliphatic carbocycles. The fourth-order valence-corrected chi connectivity index (χ4v) is 6.55. The minimum atomic E-state index is -3.50. The second-order valence-electron chi connectivity index (χ2n) is 9.67. The van der Waals surface area contributed by atoms with Crippen LogP contribution in [-0.4, -0.2) is 56.9 Å². The molecule has 1 aromatic carbocycles. The Morgan fingerprint density at radius 3 is 1.94 bits per heavy atom. The summed E-state index contributed by atoms with van der Waals surface area (Å²) in [6.07, 6.45) is 5.38. The van der Waals surface area contributed by atoms with Crippen LogP contribution in [0.2, 0.25) is 0 Å². The van der Waals surface area contributed by atoms with E-state index in [-0.39, 0.29) is 18.0 Å². The Kier molecular flexibility index (Phi) is 9.14. The normalized spacial score (nSPS) is 21.3. The Hall–Kier alpha value is -0.960. The Morgan fingerprint density at radius 1 is 0.871 bits per heavy atom. The molecule has 1 aromatic rings. The summed E-state index contributed by atoms with van der Waals surface area (Å²) in [5, 5.41) is 0. The van der Waals surface area contributed by atoms with Crippen LogP contribution in [0.5, 0.6) is 0 Å². The van der Waals surface area contributed by atoms with Crippen LogP contribution in [0, 0.1) is 0 Å². The SMILES string of the molecule is C[C@@H]1CN(S(=O)(=O)c2ccc(CCCCCCCS(=O)(=O)C(C)(C)C)cc2)C[C@H](C)O1. The molecule has 0 unspecified atom stereocenters. The number of hydrogen-bond acceptors (Lipinski definition) is 5. The minimum Gasteiger partial charge on any atom is -0.373 e. The number of rotatable bonds is 10. The largest absolute Gasteiger partial charge is 0.373 e. The van der Waals surface area contributed by atoms with Crippen molar-refractivity contribution >= 4 is 19.9 Å². The number of sulfone groups is 1. The maximum atomic E-state index is 12.9. The van der Waals surface area contributed by atoms with Crippen LogP contribution < -0.4 is 0 Å². The summed E-state index contributed by atoms with van der Waals surface area (Å²) in [6, 6.07) is 7.20. The van der Waals surface area contributed by atoms with Gasteiger partial charge in [0.15, 0.2) is 9.84 Å². The van der Waals surface area contributed by atoms with Gasteiger partial charge in [0.25, 0.3) is 0 Å². The van der Waals surface area contributed by atoms with Crippen molar-refractivity contribution in [1.29, 1.82) is 0 Å². The maximum absolute atomic E-state index is 12.9. The molecule has 0 bridgehead atoms. The van der Waals surface area contributed by atoms with Gasteiger partial charge < -0.3 is 4.74 Å². The molecule has 1 fully saturated rings. The molecular weight excluding hydrogens is 434 g/mol. The van der Waals surface area contributed by atoms with Gasteiger partial charge in [-0.25, -0.2) is 16.8 Å². The minimum absolute atomic E-state index is 0.105. The lowest BCUT2D eigenvalue weighted by Gasteiger charge is -2.34. The summed E-state index contributed by atoms with van der Waals surface area (Å²) < 4.78 is 56.5. The van der Waals surface area contributed by atoms with Gasteiger partial charge in [0.1, 0.15) is 0 Å². The number of benzene rings is 1. The number of morpholine rings is 1. The van der Waals surface area contributed by atoms with E-state index in [1.807, 2.05) is 26.0 Å². The topological polar surface area (TPSA) is 80.8 Å². The average Bonchev–Trinajstić information content (AvgIpc) is 2.66. The number of unbranched alkanes of at least 4 members (excludes halogenated alkanes) is 4. The molecular formula is C23H39NO5S2. The van der Waals surface area contributed by atoms with Crippen molar-refractivity contribution in [2.75, 3.05) is 18.8 Å². The first kappa shape index (κ1) is 26.3. The van der Waals surface area contributed by atoms with E-state index in [0.29, 0.717) is 24.4 Å². The number of aryl methyl sites for hydroxylation is 1. The van der Waals surface area contributed by atoms with Gasteiger partial charge in [-0.3, -0.25) is 0 Å². The van der Waals surface area contributed by atoms with Gasteiger partial charge in [-0.05, 0) is 71.6 Å². The summed E-state index contributed by atoms with van der Waals surface area (Å²) >= 11 is 0. The quantitative estimate of drug-likeness (QED) is 0.476. The predicted octanol–water partition coefficient (Wildman–Crippen LogP) is 4.19. The number of hydrogen-bond donors (Lipinski definition) is 0. The number of ether oxygens (including phenoxy) is 1. The Labute approximate surface area is 189 Å². The van der Waals surface area contributed by atoms with Crippen molar-refractivity contribution in [3.05, 3.63) is 29.8 Å². The highest BCUT2D eigenvalue weighted by atomic mass is 32.2. The molecule has 0 N–H and O–H groups in total. The Morgan fingerprint density at radius 2 is 1.39 bits per heavy atom. The van der Waals surface area contributed by atoms with Crippen LogP contribution in [0.1, 0.15) is 72.3 Å². The van der Waals surface area contributed by atoms with Crippen LogP contribution in [0.15, 0.2) is 29.2 Å². The monoisotopic (exact) mass is 473 g/mol. The molecule has 1 heterocycles. The van der Waals surface area contributed by atoms with Gasteiger partial charge >= 0.3 is 0 Å². The summed E-state index contributed by atoms with van der Waals surface area (Å²) in [5.41, 5.74) is 1.12. The van der Waals surface area contributed by atoms with Gasteiger partial charge in [0.05, 0.1) is 27.6 Å². The van der Waals surface area contributed by atoms with E-state index >= 15 is 0 Å². The summed E-state index contributed by atoms with van der Waals surface area (Å²) in [4.78, 5) is 0.331. The molecule has 2 rings (SSSR count). The summed E-state index contributed by atoms with van der Waals surface area (Å²) in [5.74, 6) is 0.257. The smallest absolute Gasteiger partial charge is 0.243 e. The molecule has 1 aliphatic rings. The predicted molar refractivity (Wildman–Crippen MR) is 126 cm³/mol. The molecule has 0 radical (unpaired) electrons. The lowest BCUT2D eigenvalue weighted by atomic mass is 10.1. The molecule has 1 saturated heterocycles. The van der Waals surface area contributed by atoms with E-state index < -0.39 is 24.6 Å². The molecule has 8 heteroatoms. The third kappa shape index (κ3) is 7.55. The fourth-order valence-electron chi connectivity index (χ4n) is 3.76. The molecule has 0 aromatic heterocycles. The van der Waals surface area contributed by atoms with Crippen LogP contribution >= 0.6 is 0 Å². The zero-order valence-electron chi connectivity index (χ0n) is 19.6. The zero-order valence-corrected chi connectivity index (χ0v) is 21.3. The van der Waals surface area contributed by atoms with E-state index in [4.69, 9.17) is 4.74 Å². The van der Waals surface area contributed by atoms with Crippen molar-refractivity contribution in [3.8, 4) is 0 Å². The first-order valence-corrected chi connectivity index (χ1v) is 14.4. The van der Waals surface area contributed by atoms with E-state index in [0.717, 1.165) is 37.7 Å². The summed E-state index contributed by atoms with van der Waals surface area (Å²) in [7, 11) is -6.52. The highest BCUT2D eigenvalue weighted by Gasteiger charge is 2.32. The first-order valence-electron chi connectivity index (χ1n) is 11.3. The summed E-state index contributed by atoms with van der Waals surface area (Å²) in [6.45, 7) is 9.80. The number of sulfonamides is 1. The highest BCUT2D eigenvalue weighted by Crippen LogP contribution is 2.22. The van der Waals surface area contributed by atoms with Gasteiger partial charge in [-0.15, -0.1) is 0 Å². The highest BCUT2D eigenvalue weighted by molar-refractivity contribution is 7.92. The lowest BCUT2D eigenvalue weighted by molar-refractivity contribution is -0.0440. The molecule has 0 saturated carbocycles. The van der Waals surface area contributed by atoms with Gasteiger partial charge in [-0.2, -0.15) is 4.31 Å². The van der Waals surface area contributed by atoms with Crippen molar-refractivity contribution in [1.82, 2.24) is 4.31 Å². The zero-order chi connectivity index (χ0) is 23.3. The Bertz CT molecular complexity index is 892. The van der Waals surface area contributed by atoms with Crippen molar-refractivity contribution in [2.24, 2.45) is 0 Å². The Balaban J connectivity index is 1.75. The van der Waals surface area contributed by atoms with Crippen LogP contribution in [-0.2, 0) is 31.0 Å². The molecule has 0 spiro atoms. The fraction of sp³-hybridized carbons (Fsp3) is 0.739. The molecule has 2 atom stereocenters. The maximum Gasteiger partial charge on any atom is 0.243 e. The van der Waals surface area contributed by atoms with Crippen LogP contribution in [0.3, 0.4) is 0 Å². The van der Waals surface area contributed by atoms with Crippen molar-refractivity contribution in [2.45, 2.75) is 95.0 Å². The molecule has 31 heavy (non-hydrogen) atoms. The van der Waals surface area contributed by atoms with E-state index in [1.54, 1.807) is 32.9 Å². The van der Waals surface area contributed by atoms with E-state index in [2.05, 4.69) is 0 Å². The molecule has 6 nitrogen and oxygen atoms in total. The van der Waals surface area contributed by atoms with Gasteiger partial charge in [0, 0.05) is 13.1 Å². The molecule has 1 aliphatic heterocycles. The second kappa shape index (κ2) is 10.8. The third-order valence-electron chi connectivity index (χ3n) is 5.76. The van der Waals surface area contributed by atoms with Gasteiger partial charge in [0.2, 0.25) is 10.0 Å².